The maximum absolute atomic E-state index is 5.71. The Kier molecular flexibility index (Phi) is 1.88. The highest BCUT2D eigenvalue weighted by molar-refractivity contribution is 5.78. The van der Waals surface area contributed by atoms with Crippen LogP contribution >= 0.6 is 0 Å². The van der Waals surface area contributed by atoms with Crippen molar-refractivity contribution in [3.05, 3.63) is 34.4 Å². The van der Waals surface area contributed by atoms with E-state index >= 15 is 0 Å². The molecule has 0 radical (unpaired) electrons. The van der Waals surface area contributed by atoms with E-state index in [-0.39, 0.29) is 0 Å². The van der Waals surface area contributed by atoms with Crippen molar-refractivity contribution < 1.29 is 4.74 Å². The number of hydrogen-bond donors (Lipinski definition) is 0. The summed E-state index contributed by atoms with van der Waals surface area (Å²) < 4.78 is 5.71. The minimum absolute atomic E-state index is 0.882. The number of allylic oxidation sites excluding steroid dienone is 2. The van der Waals surface area contributed by atoms with Gasteiger partial charge in [0.15, 0.2) is 0 Å². The molecule has 0 saturated heterocycles. The van der Waals surface area contributed by atoms with Gasteiger partial charge in [-0.3, -0.25) is 0 Å². The summed E-state index contributed by atoms with van der Waals surface area (Å²) >= 11 is 0. The summed E-state index contributed by atoms with van der Waals surface area (Å²) in [4.78, 5) is 0. The molecule has 1 aromatic carbocycles. The second kappa shape index (κ2) is 3.13. The molecule has 0 bridgehead atoms. The van der Waals surface area contributed by atoms with Gasteiger partial charge in [-0.05, 0) is 55.9 Å². The first-order valence-electron chi connectivity index (χ1n) is 5.71. The fourth-order valence-electron chi connectivity index (χ4n) is 2.74. The highest BCUT2D eigenvalue weighted by Gasteiger charge is 2.23. The van der Waals surface area contributed by atoms with Gasteiger partial charge in [0.05, 0.1) is 6.61 Å². The second-order valence-corrected chi connectivity index (χ2v) is 4.61. The van der Waals surface area contributed by atoms with Gasteiger partial charge < -0.3 is 4.74 Å². The van der Waals surface area contributed by atoms with E-state index in [9.17, 15) is 0 Å². The maximum Gasteiger partial charge on any atom is 0.123 e. The van der Waals surface area contributed by atoms with Crippen LogP contribution in [0.15, 0.2) is 17.7 Å². The van der Waals surface area contributed by atoms with E-state index in [0.29, 0.717) is 0 Å². The van der Waals surface area contributed by atoms with Gasteiger partial charge in [0.1, 0.15) is 5.75 Å². The van der Waals surface area contributed by atoms with Crippen LogP contribution < -0.4 is 4.74 Å². The zero-order valence-corrected chi connectivity index (χ0v) is 9.39. The van der Waals surface area contributed by atoms with Crippen molar-refractivity contribution in [3.63, 3.8) is 0 Å². The van der Waals surface area contributed by atoms with Crippen molar-refractivity contribution in [3.8, 4) is 5.75 Å². The summed E-state index contributed by atoms with van der Waals surface area (Å²) in [6.45, 7) is 5.37. The Labute approximate surface area is 90.8 Å². The van der Waals surface area contributed by atoms with Gasteiger partial charge in [0, 0.05) is 5.56 Å². The van der Waals surface area contributed by atoms with Crippen molar-refractivity contribution >= 4 is 5.57 Å². The van der Waals surface area contributed by atoms with E-state index in [1.807, 2.05) is 0 Å². The molecule has 1 heteroatoms. The van der Waals surface area contributed by atoms with Crippen LogP contribution in [0.3, 0.4) is 0 Å². The molecule has 0 saturated carbocycles. The van der Waals surface area contributed by atoms with Crippen molar-refractivity contribution in [2.24, 2.45) is 0 Å². The fourth-order valence-corrected chi connectivity index (χ4v) is 2.74. The third-order valence-corrected chi connectivity index (χ3v) is 3.66. The van der Waals surface area contributed by atoms with Crippen LogP contribution in [0.1, 0.15) is 37.0 Å². The van der Waals surface area contributed by atoms with Gasteiger partial charge in [-0.15, -0.1) is 0 Å². The molecule has 1 aromatic rings. The van der Waals surface area contributed by atoms with E-state index in [0.717, 1.165) is 25.2 Å². The van der Waals surface area contributed by atoms with Crippen LogP contribution in [0, 0.1) is 0 Å². The molecule has 0 aromatic heterocycles. The lowest BCUT2D eigenvalue weighted by Crippen LogP contribution is -2.10. The molecule has 0 spiro atoms. The summed E-state index contributed by atoms with van der Waals surface area (Å²) in [5.41, 5.74) is 7.43. The lowest BCUT2D eigenvalue weighted by molar-refractivity contribution is 0.288. The van der Waals surface area contributed by atoms with E-state index in [1.165, 1.54) is 34.3 Å². The van der Waals surface area contributed by atoms with Crippen LogP contribution in [-0.4, -0.2) is 6.61 Å². The smallest absolute Gasteiger partial charge is 0.123 e. The molecule has 2 aliphatic rings. The molecule has 3 rings (SSSR count). The first-order chi connectivity index (χ1) is 7.27. The summed E-state index contributed by atoms with van der Waals surface area (Å²) in [5, 5.41) is 0. The SMILES string of the molecule is CC1=C(C)c2c(ccc3c2CCCO3)C1. The molecule has 1 heterocycles. The Balaban J connectivity index is 2.23. The molecule has 1 aliphatic heterocycles. The van der Waals surface area contributed by atoms with Crippen LogP contribution in [0.5, 0.6) is 5.75 Å². The van der Waals surface area contributed by atoms with Crippen molar-refractivity contribution in [2.45, 2.75) is 33.1 Å². The molecule has 15 heavy (non-hydrogen) atoms. The number of ether oxygens (including phenoxy) is 1. The third kappa shape index (κ3) is 1.22. The second-order valence-electron chi connectivity index (χ2n) is 4.61. The fraction of sp³-hybridized carbons (Fsp3) is 0.429. The Morgan fingerprint density at radius 3 is 2.93 bits per heavy atom. The Hall–Kier alpha value is -1.24. The van der Waals surface area contributed by atoms with Crippen molar-refractivity contribution in [2.75, 3.05) is 6.61 Å². The average Bonchev–Trinajstić information content (AvgIpc) is 2.55. The number of fused-ring (bicyclic) bond motifs is 3. The molecule has 0 amide bonds. The normalized spacial score (nSPS) is 18.5. The highest BCUT2D eigenvalue weighted by Crippen LogP contribution is 2.40. The Bertz CT molecular complexity index is 455. The van der Waals surface area contributed by atoms with Crippen LogP contribution in [0.25, 0.3) is 5.57 Å². The maximum atomic E-state index is 5.71. The molecule has 0 unspecified atom stereocenters. The monoisotopic (exact) mass is 200 g/mol. The number of hydrogen-bond acceptors (Lipinski definition) is 1. The predicted molar refractivity (Wildman–Crippen MR) is 62.2 cm³/mol. The number of benzene rings is 1. The molecule has 0 N–H and O–H groups in total. The van der Waals surface area contributed by atoms with Crippen molar-refractivity contribution in [1.29, 1.82) is 0 Å². The summed E-state index contributed by atoms with van der Waals surface area (Å²) in [6, 6.07) is 4.39. The van der Waals surface area contributed by atoms with E-state index in [2.05, 4.69) is 26.0 Å². The molecule has 1 aliphatic carbocycles. The molecular formula is C14H16O. The van der Waals surface area contributed by atoms with Crippen molar-refractivity contribution in [1.82, 2.24) is 0 Å². The van der Waals surface area contributed by atoms with Crippen LogP contribution in [0.2, 0.25) is 0 Å². The van der Waals surface area contributed by atoms with Gasteiger partial charge in [0.25, 0.3) is 0 Å². The van der Waals surface area contributed by atoms with Gasteiger partial charge in [-0.25, -0.2) is 0 Å². The average molecular weight is 200 g/mol. The molecule has 0 atom stereocenters. The van der Waals surface area contributed by atoms with Gasteiger partial charge in [-0.1, -0.05) is 11.6 Å². The standard InChI is InChI=1S/C14H16O/c1-9-8-11-5-6-13-12(4-3-7-15-13)14(11)10(9)2/h5-6H,3-4,7-8H2,1-2H3. The topological polar surface area (TPSA) is 9.23 Å². The van der Waals surface area contributed by atoms with Gasteiger partial charge in [0.2, 0.25) is 0 Å². The summed E-state index contributed by atoms with van der Waals surface area (Å²) in [7, 11) is 0. The zero-order chi connectivity index (χ0) is 10.4. The summed E-state index contributed by atoms with van der Waals surface area (Å²) in [5.74, 6) is 1.12. The molecular weight excluding hydrogens is 184 g/mol. The highest BCUT2D eigenvalue weighted by atomic mass is 16.5. The van der Waals surface area contributed by atoms with Gasteiger partial charge in [-0.2, -0.15) is 0 Å². The third-order valence-electron chi connectivity index (χ3n) is 3.66. The minimum atomic E-state index is 0.882. The quantitative estimate of drug-likeness (QED) is 0.624. The van der Waals surface area contributed by atoms with E-state index < -0.39 is 0 Å². The molecule has 78 valence electrons. The minimum Gasteiger partial charge on any atom is -0.493 e. The zero-order valence-electron chi connectivity index (χ0n) is 9.39. The van der Waals surface area contributed by atoms with E-state index in [1.54, 1.807) is 0 Å². The predicted octanol–water partition coefficient (Wildman–Crippen LogP) is 3.36. The summed E-state index contributed by atoms with van der Waals surface area (Å²) in [6.07, 6.45) is 3.48. The first-order valence-corrected chi connectivity index (χ1v) is 5.71. The van der Waals surface area contributed by atoms with Gasteiger partial charge >= 0.3 is 0 Å². The first kappa shape index (κ1) is 9.02. The van der Waals surface area contributed by atoms with Crippen LogP contribution in [0.4, 0.5) is 0 Å². The lowest BCUT2D eigenvalue weighted by atomic mass is 9.94. The Morgan fingerprint density at radius 1 is 1.20 bits per heavy atom. The largest absolute Gasteiger partial charge is 0.493 e. The lowest BCUT2D eigenvalue weighted by Gasteiger charge is -2.20. The molecule has 1 nitrogen and oxygen atoms in total. The van der Waals surface area contributed by atoms with Crippen LogP contribution in [-0.2, 0) is 12.8 Å². The van der Waals surface area contributed by atoms with E-state index in [4.69, 9.17) is 4.74 Å². The number of rotatable bonds is 0. The Morgan fingerprint density at radius 2 is 2.07 bits per heavy atom. The molecule has 0 fully saturated rings.